The third-order valence-corrected chi connectivity index (χ3v) is 2.17. The molecule has 0 spiro atoms. The molecule has 0 radical (unpaired) electrons. The Hall–Kier alpha value is -0.930. The van der Waals surface area contributed by atoms with Gasteiger partial charge in [-0.3, -0.25) is 4.98 Å². The first kappa shape index (κ1) is 11.1. The molecule has 0 bridgehead atoms. The predicted octanol–water partition coefficient (Wildman–Crippen LogP) is 1.60. The molecule has 1 rings (SSSR count). The number of hydrogen-bond acceptors (Lipinski definition) is 3. The number of aromatic nitrogens is 1. The Morgan fingerprint density at radius 1 is 1.43 bits per heavy atom. The molecular weight excluding hydrogens is 174 g/mol. The molecule has 0 aliphatic rings. The first-order valence-corrected chi connectivity index (χ1v) is 4.94. The normalized spacial score (nSPS) is 14.0. The zero-order chi connectivity index (χ0) is 10.6. The number of rotatable bonds is 4. The van der Waals surface area contributed by atoms with Crippen molar-refractivity contribution in [1.82, 2.24) is 4.98 Å². The van der Waals surface area contributed by atoms with E-state index in [0.29, 0.717) is 0 Å². The lowest BCUT2D eigenvalue weighted by molar-refractivity contribution is 0.430. The van der Waals surface area contributed by atoms with E-state index in [1.807, 2.05) is 32.0 Å². The van der Waals surface area contributed by atoms with Crippen molar-refractivity contribution < 1.29 is 0 Å². The minimum absolute atomic E-state index is 0.000903. The summed E-state index contributed by atoms with van der Waals surface area (Å²) in [5.74, 6) is 0. The van der Waals surface area contributed by atoms with Crippen LogP contribution >= 0.6 is 0 Å². The Labute approximate surface area is 85.5 Å². The van der Waals surface area contributed by atoms with Crippen LogP contribution < -0.4 is 11.5 Å². The van der Waals surface area contributed by atoms with Crippen LogP contribution in [0.3, 0.4) is 0 Å². The topological polar surface area (TPSA) is 64.9 Å². The summed E-state index contributed by atoms with van der Waals surface area (Å²) in [6.07, 6.45) is 3.55. The average molecular weight is 193 g/mol. The molecular formula is C11H19N3. The molecule has 3 nitrogen and oxygen atoms in total. The number of hydrogen-bond donors (Lipinski definition) is 2. The monoisotopic (exact) mass is 193 g/mol. The van der Waals surface area contributed by atoms with Crippen LogP contribution in [0.2, 0.25) is 0 Å². The number of nitrogens with zero attached hydrogens (tertiary/aromatic N) is 1. The van der Waals surface area contributed by atoms with Crippen molar-refractivity contribution in [1.29, 1.82) is 0 Å². The van der Waals surface area contributed by atoms with Gasteiger partial charge in [0.15, 0.2) is 0 Å². The molecule has 0 aliphatic carbocycles. The lowest BCUT2D eigenvalue weighted by Gasteiger charge is -2.20. The van der Waals surface area contributed by atoms with Crippen LogP contribution in [0.15, 0.2) is 24.4 Å². The van der Waals surface area contributed by atoms with E-state index < -0.39 is 0 Å². The van der Waals surface area contributed by atoms with Gasteiger partial charge >= 0.3 is 0 Å². The van der Waals surface area contributed by atoms with Crippen molar-refractivity contribution in [3.63, 3.8) is 0 Å². The van der Waals surface area contributed by atoms with Crippen molar-refractivity contribution >= 4 is 0 Å². The first-order chi connectivity index (χ1) is 6.49. The van der Waals surface area contributed by atoms with Gasteiger partial charge in [-0.1, -0.05) is 6.07 Å². The second kappa shape index (κ2) is 4.53. The average Bonchev–Trinajstić information content (AvgIpc) is 2.14. The van der Waals surface area contributed by atoms with Crippen LogP contribution in [0.25, 0.3) is 0 Å². The van der Waals surface area contributed by atoms with Crippen LogP contribution in [0.5, 0.6) is 0 Å². The van der Waals surface area contributed by atoms with Gasteiger partial charge in [-0.05, 0) is 38.8 Å². The summed E-state index contributed by atoms with van der Waals surface area (Å²) in [4.78, 5) is 4.21. The fraction of sp³-hybridized carbons (Fsp3) is 0.545. The van der Waals surface area contributed by atoms with Crippen LogP contribution in [-0.2, 0) is 0 Å². The molecule has 14 heavy (non-hydrogen) atoms. The van der Waals surface area contributed by atoms with Crippen LogP contribution in [0.4, 0.5) is 0 Å². The van der Waals surface area contributed by atoms with E-state index >= 15 is 0 Å². The van der Waals surface area contributed by atoms with Crippen molar-refractivity contribution in [3.8, 4) is 0 Å². The van der Waals surface area contributed by atoms with Gasteiger partial charge in [0.2, 0.25) is 0 Å². The van der Waals surface area contributed by atoms with Crippen LogP contribution in [0.1, 0.15) is 38.4 Å². The Kier molecular flexibility index (Phi) is 3.61. The highest BCUT2D eigenvalue weighted by Crippen LogP contribution is 2.17. The standard InChI is InChI=1S/C11H19N3/c1-11(2,13)7-6-9(12)10-5-3-4-8-14-10/h3-5,8-9H,6-7,12-13H2,1-2H3. The smallest absolute Gasteiger partial charge is 0.0570 e. The molecule has 1 aromatic rings. The van der Waals surface area contributed by atoms with Gasteiger partial charge in [0.25, 0.3) is 0 Å². The van der Waals surface area contributed by atoms with Crippen molar-refractivity contribution in [3.05, 3.63) is 30.1 Å². The number of pyridine rings is 1. The summed E-state index contributed by atoms with van der Waals surface area (Å²) in [5, 5.41) is 0. The van der Waals surface area contributed by atoms with Gasteiger partial charge < -0.3 is 11.5 Å². The maximum atomic E-state index is 5.98. The third kappa shape index (κ3) is 3.85. The van der Waals surface area contributed by atoms with Crippen molar-refractivity contribution in [2.24, 2.45) is 11.5 Å². The zero-order valence-corrected chi connectivity index (χ0v) is 8.90. The van der Waals surface area contributed by atoms with Crippen LogP contribution in [0, 0.1) is 0 Å². The molecule has 1 heterocycles. The molecule has 0 saturated carbocycles. The Bertz CT molecular complexity index is 264. The number of nitrogens with two attached hydrogens (primary N) is 2. The van der Waals surface area contributed by atoms with E-state index in [4.69, 9.17) is 11.5 Å². The van der Waals surface area contributed by atoms with Gasteiger partial charge in [0, 0.05) is 17.8 Å². The Morgan fingerprint density at radius 3 is 2.64 bits per heavy atom. The van der Waals surface area contributed by atoms with Gasteiger partial charge in [-0.25, -0.2) is 0 Å². The zero-order valence-electron chi connectivity index (χ0n) is 8.90. The van der Waals surface area contributed by atoms with E-state index in [1.54, 1.807) is 6.20 Å². The summed E-state index contributed by atoms with van der Waals surface area (Å²) in [5.41, 5.74) is 12.7. The summed E-state index contributed by atoms with van der Waals surface area (Å²) >= 11 is 0. The third-order valence-electron chi connectivity index (χ3n) is 2.17. The van der Waals surface area contributed by atoms with Gasteiger partial charge in [0.05, 0.1) is 5.69 Å². The fourth-order valence-electron chi connectivity index (χ4n) is 1.27. The Balaban J connectivity index is 2.48. The molecule has 3 heteroatoms. The van der Waals surface area contributed by atoms with Gasteiger partial charge in [-0.2, -0.15) is 0 Å². The minimum Gasteiger partial charge on any atom is -0.326 e. The van der Waals surface area contributed by atoms with E-state index in [-0.39, 0.29) is 11.6 Å². The molecule has 4 N–H and O–H groups in total. The van der Waals surface area contributed by atoms with E-state index in [9.17, 15) is 0 Å². The summed E-state index contributed by atoms with van der Waals surface area (Å²) in [7, 11) is 0. The molecule has 1 aromatic heterocycles. The maximum Gasteiger partial charge on any atom is 0.0570 e. The fourth-order valence-corrected chi connectivity index (χ4v) is 1.27. The SMILES string of the molecule is CC(C)(N)CCC(N)c1ccccn1. The van der Waals surface area contributed by atoms with E-state index in [2.05, 4.69) is 4.98 Å². The molecule has 1 unspecified atom stereocenters. The summed E-state index contributed by atoms with van der Waals surface area (Å²) in [6.45, 7) is 4.02. The molecule has 0 aromatic carbocycles. The predicted molar refractivity (Wildman–Crippen MR) is 58.7 cm³/mol. The van der Waals surface area contributed by atoms with Gasteiger partial charge in [-0.15, -0.1) is 0 Å². The van der Waals surface area contributed by atoms with Crippen molar-refractivity contribution in [2.75, 3.05) is 0 Å². The Morgan fingerprint density at radius 2 is 2.14 bits per heavy atom. The second-order valence-electron chi connectivity index (χ2n) is 4.39. The maximum absolute atomic E-state index is 5.98. The highest BCUT2D eigenvalue weighted by atomic mass is 14.8. The quantitative estimate of drug-likeness (QED) is 0.763. The molecule has 78 valence electrons. The van der Waals surface area contributed by atoms with Gasteiger partial charge in [0.1, 0.15) is 0 Å². The first-order valence-electron chi connectivity index (χ1n) is 4.94. The van der Waals surface area contributed by atoms with E-state index in [0.717, 1.165) is 18.5 Å². The summed E-state index contributed by atoms with van der Waals surface area (Å²) < 4.78 is 0. The van der Waals surface area contributed by atoms with Crippen molar-refractivity contribution in [2.45, 2.75) is 38.3 Å². The van der Waals surface area contributed by atoms with E-state index in [1.165, 1.54) is 0 Å². The van der Waals surface area contributed by atoms with Crippen LogP contribution in [-0.4, -0.2) is 10.5 Å². The lowest BCUT2D eigenvalue weighted by Crippen LogP contribution is -2.32. The molecule has 0 aliphatic heterocycles. The largest absolute Gasteiger partial charge is 0.326 e. The second-order valence-corrected chi connectivity index (χ2v) is 4.39. The lowest BCUT2D eigenvalue weighted by atomic mass is 9.96. The molecule has 0 amide bonds. The molecule has 0 saturated heterocycles. The summed E-state index contributed by atoms with van der Waals surface area (Å²) in [6, 6.07) is 5.80. The minimum atomic E-state index is -0.146. The highest BCUT2D eigenvalue weighted by Gasteiger charge is 2.14. The molecule has 1 atom stereocenters. The molecule has 0 fully saturated rings. The highest BCUT2D eigenvalue weighted by molar-refractivity contribution is 5.07.